The first-order valence-corrected chi connectivity index (χ1v) is 6.91. The molecule has 1 aliphatic rings. The first-order valence-electron chi connectivity index (χ1n) is 6.91. The Hall–Kier alpha value is -3.01. The summed E-state index contributed by atoms with van der Waals surface area (Å²) >= 11 is 0. The molecule has 1 atom stereocenters. The highest BCUT2D eigenvalue weighted by molar-refractivity contribution is 6.09. The maximum atomic E-state index is 12.6. The van der Waals surface area contributed by atoms with E-state index in [9.17, 15) is 14.4 Å². The Bertz CT molecular complexity index is 678. The predicted octanol–water partition coefficient (Wildman–Crippen LogP) is 0.212. The van der Waals surface area contributed by atoms with Crippen LogP contribution in [0.15, 0.2) is 24.3 Å². The number of rotatable bonds is 5. The Morgan fingerprint density at radius 3 is 2.61 bits per heavy atom. The van der Waals surface area contributed by atoms with Gasteiger partial charge in [0.1, 0.15) is 17.8 Å². The number of terminal acetylenes is 1. The van der Waals surface area contributed by atoms with Crippen LogP contribution in [0.1, 0.15) is 12.5 Å². The molecular formula is C16H17N3O4. The molecule has 0 spiro atoms. The fraction of sp³-hybridized carbons (Fsp3) is 0.312. The van der Waals surface area contributed by atoms with E-state index in [1.165, 1.54) is 7.11 Å². The number of benzene rings is 1. The lowest BCUT2D eigenvalue weighted by Gasteiger charge is -2.22. The highest BCUT2D eigenvalue weighted by atomic mass is 16.5. The average Bonchev–Trinajstić information content (AvgIpc) is 2.77. The van der Waals surface area contributed by atoms with Crippen LogP contribution in [0.25, 0.3) is 0 Å². The largest absolute Gasteiger partial charge is 0.497 e. The van der Waals surface area contributed by atoms with E-state index in [1.807, 2.05) is 0 Å². The monoisotopic (exact) mass is 315 g/mol. The Balaban J connectivity index is 2.18. The predicted molar refractivity (Wildman–Crippen MR) is 82.4 cm³/mol. The van der Waals surface area contributed by atoms with E-state index in [4.69, 9.17) is 11.2 Å². The molecule has 0 radical (unpaired) electrons. The molecule has 0 aliphatic carbocycles. The lowest BCUT2D eigenvalue weighted by Crippen LogP contribution is -2.43. The van der Waals surface area contributed by atoms with Gasteiger partial charge >= 0.3 is 6.03 Å². The number of carbonyl (C=O) groups is 3. The van der Waals surface area contributed by atoms with Crippen LogP contribution in [0.5, 0.6) is 5.75 Å². The molecule has 1 heterocycles. The number of nitrogens with one attached hydrogen (secondary N) is 2. The SMILES string of the molecule is C#CCNC(=O)CN1C(=O)N[C@@](C)(c2ccc(OC)cc2)C1=O. The third kappa shape index (κ3) is 3.11. The van der Waals surface area contributed by atoms with Gasteiger partial charge in [-0.2, -0.15) is 0 Å². The lowest BCUT2D eigenvalue weighted by atomic mass is 9.92. The second-order valence-electron chi connectivity index (χ2n) is 5.16. The van der Waals surface area contributed by atoms with Gasteiger partial charge in [0.2, 0.25) is 5.91 Å². The number of nitrogens with zero attached hydrogens (tertiary/aromatic N) is 1. The Kier molecular flexibility index (Phi) is 4.55. The quantitative estimate of drug-likeness (QED) is 0.601. The molecule has 4 amide bonds. The van der Waals surface area contributed by atoms with Crippen LogP contribution in [0.4, 0.5) is 4.79 Å². The fourth-order valence-electron chi connectivity index (χ4n) is 2.31. The van der Waals surface area contributed by atoms with Crippen molar-refractivity contribution in [3.63, 3.8) is 0 Å². The van der Waals surface area contributed by atoms with E-state index in [0.717, 1.165) is 4.90 Å². The molecular weight excluding hydrogens is 298 g/mol. The third-order valence-electron chi connectivity index (χ3n) is 3.63. The summed E-state index contributed by atoms with van der Waals surface area (Å²) in [6.45, 7) is 1.25. The van der Waals surface area contributed by atoms with Crippen LogP contribution in [0.2, 0.25) is 0 Å². The van der Waals surface area contributed by atoms with Gasteiger partial charge in [0.15, 0.2) is 0 Å². The van der Waals surface area contributed by atoms with Crippen molar-refractivity contribution in [2.24, 2.45) is 0 Å². The molecule has 1 fully saturated rings. The van der Waals surface area contributed by atoms with Crippen molar-refractivity contribution in [3.05, 3.63) is 29.8 Å². The number of hydrogen-bond acceptors (Lipinski definition) is 4. The van der Waals surface area contributed by atoms with Crippen LogP contribution in [0.3, 0.4) is 0 Å². The molecule has 1 aromatic carbocycles. The molecule has 2 N–H and O–H groups in total. The van der Waals surface area contributed by atoms with E-state index in [-0.39, 0.29) is 13.1 Å². The van der Waals surface area contributed by atoms with Crippen LogP contribution in [0, 0.1) is 12.3 Å². The molecule has 23 heavy (non-hydrogen) atoms. The molecule has 120 valence electrons. The summed E-state index contributed by atoms with van der Waals surface area (Å²) in [7, 11) is 1.54. The van der Waals surface area contributed by atoms with Crippen molar-refractivity contribution < 1.29 is 19.1 Å². The molecule has 7 nitrogen and oxygen atoms in total. The zero-order valence-electron chi connectivity index (χ0n) is 12.9. The highest BCUT2D eigenvalue weighted by Crippen LogP contribution is 2.29. The zero-order valence-corrected chi connectivity index (χ0v) is 12.9. The van der Waals surface area contributed by atoms with Gasteiger partial charge in [-0.05, 0) is 24.6 Å². The number of amides is 4. The maximum Gasteiger partial charge on any atom is 0.325 e. The highest BCUT2D eigenvalue weighted by Gasteiger charge is 2.49. The number of ether oxygens (including phenoxy) is 1. The summed E-state index contributed by atoms with van der Waals surface area (Å²) in [5, 5.41) is 5.04. The molecule has 0 saturated carbocycles. The summed E-state index contributed by atoms with van der Waals surface area (Å²) < 4.78 is 5.07. The second kappa shape index (κ2) is 6.40. The standard InChI is InChI=1S/C16H17N3O4/c1-4-9-17-13(20)10-19-14(21)16(2,18-15(19)22)11-5-7-12(23-3)8-6-11/h1,5-8H,9-10H2,2-3H3,(H,17,20)(H,18,22)/t16-/m0/s1. The van der Waals surface area contributed by atoms with E-state index in [2.05, 4.69) is 16.6 Å². The summed E-state index contributed by atoms with van der Waals surface area (Å²) in [6.07, 6.45) is 5.05. The number of methoxy groups -OCH3 is 1. The minimum Gasteiger partial charge on any atom is -0.497 e. The van der Waals surface area contributed by atoms with Gasteiger partial charge < -0.3 is 15.4 Å². The molecule has 0 bridgehead atoms. The van der Waals surface area contributed by atoms with Crippen LogP contribution >= 0.6 is 0 Å². The molecule has 7 heteroatoms. The van der Waals surface area contributed by atoms with Gasteiger partial charge in [0.05, 0.1) is 13.7 Å². The van der Waals surface area contributed by atoms with E-state index >= 15 is 0 Å². The van der Waals surface area contributed by atoms with Crippen LogP contribution < -0.4 is 15.4 Å². The van der Waals surface area contributed by atoms with Crippen molar-refractivity contribution in [2.45, 2.75) is 12.5 Å². The molecule has 2 rings (SSSR count). The minimum atomic E-state index is -1.23. The number of carbonyl (C=O) groups excluding carboxylic acids is 3. The normalized spacial score (nSPS) is 20.0. The van der Waals surface area contributed by atoms with Crippen molar-refractivity contribution in [2.75, 3.05) is 20.2 Å². The van der Waals surface area contributed by atoms with Gasteiger partial charge in [-0.1, -0.05) is 18.1 Å². The third-order valence-corrected chi connectivity index (χ3v) is 3.63. The number of urea groups is 1. The summed E-state index contributed by atoms with van der Waals surface area (Å²) in [5.41, 5.74) is -0.626. The van der Waals surface area contributed by atoms with Crippen molar-refractivity contribution in [1.29, 1.82) is 0 Å². The molecule has 1 aliphatic heterocycles. The van der Waals surface area contributed by atoms with E-state index < -0.39 is 23.4 Å². The van der Waals surface area contributed by atoms with Crippen molar-refractivity contribution in [1.82, 2.24) is 15.5 Å². The molecule has 0 unspecified atom stereocenters. The zero-order chi connectivity index (χ0) is 17.0. The first-order chi connectivity index (χ1) is 10.9. The topological polar surface area (TPSA) is 87.7 Å². The Morgan fingerprint density at radius 1 is 1.39 bits per heavy atom. The lowest BCUT2D eigenvalue weighted by molar-refractivity contribution is -0.134. The number of hydrogen-bond donors (Lipinski definition) is 2. The molecule has 1 aromatic rings. The van der Waals surface area contributed by atoms with Gasteiger partial charge in [0, 0.05) is 0 Å². The Morgan fingerprint density at radius 2 is 2.04 bits per heavy atom. The van der Waals surface area contributed by atoms with Gasteiger partial charge in [0.25, 0.3) is 5.91 Å². The average molecular weight is 315 g/mol. The smallest absolute Gasteiger partial charge is 0.325 e. The van der Waals surface area contributed by atoms with Gasteiger partial charge in [-0.15, -0.1) is 6.42 Å². The number of imide groups is 1. The van der Waals surface area contributed by atoms with Gasteiger partial charge in [-0.25, -0.2) is 4.79 Å². The summed E-state index contributed by atoms with van der Waals surface area (Å²) in [5.74, 6) is 1.90. The first kappa shape index (κ1) is 16.4. The van der Waals surface area contributed by atoms with Crippen LogP contribution in [-0.2, 0) is 15.1 Å². The molecule has 0 aromatic heterocycles. The minimum absolute atomic E-state index is 0.0399. The maximum absolute atomic E-state index is 12.6. The fourth-order valence-corrected chi connectivity index (χ4v) is 2.31. The van der Waals surface area contributed by atoms with Crippen LogP contribution in [-0.4, -0.2) is 42.9 Å². The molecule has 1 saturated heterocycles. The Labute approximate surface area is 134 Å². The van der Waals surface area contributed by atoms with E-state index in [0.29, 0.717) is 11.3 Å². The summed E-state index contributed by atoms with van der Waals surface area (Å²) in [4.78, 5) is 37.2. The van der Waals surface area contributed by atoms with Crippen molar-refractivity contribution >= 4 is 17.8 Å². The van der Waals surface area contributed by atoms with Gasteiger partial charge in [-0.3, -0.25) is 14.5 Å². The van der Waals surface area contributed by atoms with E-state index in [1.54, 1.807) is 31.2 Å². The second-order valence-corrected chi connectivity index (χ2v) is 5.16. The summed E-state index contributed by atoms with van der Waals surface area (Å²) in [6, 6.07) is 6.16. The van der Waals surface area contributed by atoms with Crippen molar-refractivity contribution in [3.8, 4) is 18.1 Å².